The van der Waals surface area contributed by atoms with E-state index in [0.29, 0.717) is 5.01 Å². The molecule has 2 nitrogen and oxygen atoms in total. The summed E-state index contributed by atoms with van der Waals surface area (Å²) in [6, 6.07) is 7.60. The summed E-state index contributed by atoms with van der Waals surface area (Å²) in [6.07, 6.45) is 0. The predicted octanol–water partition coefficient (Wildman–Crippen LogP) is 2.24. The molecule has 0 saturated carbocycles. The summed E-state index contributed by atoms with van der Waals surface area (Å²) in [6.45, 7) is 0. The van der Waals surface area contributed by atoms with Crippen LogP contribution in [0.1, 0.15) is 5.56 Å². The minimum atomic E-state index is 0.642. The Hall–Kier alpha value is -0.540. The van der Waals surface area contributed by atoms with Crippen molar-refractivity contribution in [1.29, 1.82) is 0 Å². The van der Waals surface area contributed by atoms with Crippen molar-refractivity contribution in [2.24, 2.45) is 0 Å². The van der Waals surface area contributed by atoms with Gasteiger partial charge in [-0.05, 0) is 22.0 Å². The molecule has 1 heterocycles. The molecule has 2 rings (SSSR count). The number of hydrogen-bond acceptors (Lipinski definition) is 2. The van der Waals surface area contributed by atoms with Crippen LogP contribution >= 0.6 is 15.9 Å². The van der Waals surface area contributed by atoms with Gasteiger partial charge >= 0.3 is 0 Å². The first-order chi connectivity index (χ1) is 4.88. The molecule has 0 spiro atoms. The maximum Gasteiger partial charge on any atom is 0.245 e. The Labute approximate surface area is 66.8 Å². The fourth-order valence-corrected chi connectivity index (χ4v) is 1.22. The zero-order chi connectivity index (χ0) is 6.97. The van der Waals surface area contributed by atoms with Crippen LogP contribution in [0.3, 0.4) is 0 Å². The number of para-hydroxylation sites is 1. The second-order valence-electron chi connectivity index (χ2n) is 1.94. The van der Waals surface area contributed by atoms with Gasteiger partial charge in [-0.1, -0.05) is 18.2 Å². The van der Waals surface area contributed by atoms with Crippen molar-refractivity contribution >= 4 is 15.9 Å². The Balaban J connectivity index is 2.51. The van der Waals surface area contributed by atoms with Crippen LogP contribution in [0.15, 0.2) is 24.3 Å². The molecule has 0 N–H and O–H groups in total. The molecule has 1 aromatic carbocycles. The van der Waals surface area contributed by atoms with E-state index >= 15 is 0 Å². The van der Waals surface area contributed by atoms with Gasteiger partial charge in [-0.25, -0.2) is 0 Å². The highest BCUT2D eigenvalue weighted by Gasteiger charge is 2.23. The van der Waals surface area contributed by atoms with E-state index in [-0.39, 0.29) is 0 Å². The minimum absolute atomic E-state index is 0.642. The summed E-state index contributed by atoms with van der Waals surface area (Å²) in [4.78, 5) is 9.58. The Morgan fingerprint density at radius 3 is 2.70 bits per heavy atom. The van der Waals surface area contributed by atoms with Crippen LogP contribution in [0.25, 0.3) is 0 Å². The van der Waals surface area contributed by atoms with Crippen LogP contribution in [0.2, 0.25) is 0 Å². The van der Waals surface area contributed by atoms with Crippen molar-refractivity contribution in [3.63, 3.8) is 0 Å². The quantitative estimate of drug-likeness (QED) is 0.598. The van der Waals surface area contributed by atoms with E-state index in [1.165, 1.54) is 0 Å². The lowest BCUT2D eigenvalue weighted by atomic mass is 10.2. The van der Waals surface area contributed by atoms with Crippen LogP contribution in [0.5, 0.6) is 5.75 Å². The Bertz CT molecular complexity index is 249. The van der Waals surface area contributed by atoms with Crippen molar-refractivity contribution in [2.45, 2.75) is 0 Å². The second kappa shape index (κ2) is 2.25. The first kappa shape index (κ1) is 6.19. The van der Waals surface area contributed by atoms with Crippen LogP contribution in [0.4, 0.5) is 0 Å². The summed E-state index contributed by atoms with van der Waals surface area (Å²) in [5.74, 6) is 0.759. The fraction of sp³-hybridized carbons (Fsp3) is 0. The number of hydrogen-bond donors (Lipinski definition) is 0. The zero-order valence-electron chi connectivity index (χ0n) is 5.00. The molecule has 3 heteroatoms. The maximum atomic E-state index is 4.83. The maximum absolute atomic E-state index is 4.83. The van der Waals surface area contributed by atoms with E-state index in [9.17, 15) is 0 Å². The highest BCUT2D eigenvalue weighted by Crippen LogP contribution is 2.37. The van der Waals surface area contributed by atoms with Crippen LogP contribution in [0, 0.1) is 5.01 Å². The molecule has 1 aromatic rings. The lowest BCUT2D eigenvalue weighted by Crippen LogP contribution is -1.86. The Morgan fingerprint density at radius 1 is 1.10 bits per heavy atom. The molecular formula is C7H4BrO2. The zero-order valence-corrected chi connectivity index (χ0v) is 6.59. The average Bonchev–Trinajstić information content (AvgIpc) is 2.34. The van der Waals surface area contributed by atoms with Gasteiger partial charge in [0.05, 0.1) is 0 Å². The monoisotopic (exact) mass is 199 g/mol. The first-order valence-electron chi connectivity index (χ1n) is 2.84. The molecule has 1 aliphatic heterocycles. The van der Waals surface area contributed by atoms with Crippen LogP contribution in [-0.4, -0.2) is 0 Å². The molecule has 0 saturated heterocycles. The lowest BCUT2D eigenvalue weighted by Gasteiger charge is -1.90. The van der Waals surface area contributed by atoms with Crippen LogP contribution in [-0.2, 0) is 4.89 Å². The van der Waals surface area contributed by atoms with Gasteiger partial charge in [-0.3, -0.25) is 0 Å². The first-order valence-corrected chi connectivity index (χ1v) is 3.63. The summed E-state index contributed by atoms with van der Waals surface area (Å²) in [5, 5.41) is 0.642. The highest BCUT2D eigenvalue weighted by atomic mass is 79.9. The molecule has 10 heavy (non-hydrogen) atoms. The molecule has 1 aliphatic rings. The van der Waals surface area contributed by atoms with Gasteiger partial charge in [0.25, 0.3) is 0 Å². The molecule has 0 atom stereocenters. The molecule has 0 aliphatic carbocycles. The largest absolute Gasteiger partial charge is 0.335 e. The van der Waals surface area contributed by atoms with Gasteiger partial charge in [0.15, 0.2) is 5.75 Å². The van der Waals surface area contributed by atoms with E-state index in [0.717, 1.165) is 11.3 Å². The third kappa shape index (κ3) is 0.822. The third-order valence-corrected chi connectivity index (χ3v) is 1.86. The lowest BCUT2D eigenvalue weighted by molar-refractivity contribution is -0.154. The van der Waals surface area contributed by atoms with Crippen molar-refractivity contribution < 1.29 is 9.78 Å². The molecular weight excluding hydrogens is 196 g/mol. The van der Waals surface area contributed by atoms with Gasteiger partial charge in [0.2, 0.25) is 5.01 Å². The standard InChI is InChI=1S/C7H4BrO2/c8-7-5-3-1-2-4-6(5)9-10-7/h1-4H. The van der Waals surface area contributed by atoms with Crippen molar-refractivity contribution in [3.8, 4) is 5.75 Å². The molecule has 0 aromatic heterocycles. The molecule has 1 radical (unpaired) electrons. The van der Waals surface area contributed by atoms with Gasteiger partial charge in [0.1, 0.15) is 0 Å². The summed E-state index contributed by atoms with van der Waals surface area (Å²) < 4.78 is 0. The molecule has 0 amide bonds. The van der Waals surface area contributed by atoms with E-state index in [4.69, 9.17) is 9.78 Å². The molecule has 51 valence electrons. The normalized spacial score (nSPS) is 16.5. The van der Waals surface area contributed by atoms with Crippen molar-refractivity contribution in [2.75, 3.05) is 0 Å². The smallest absolute Gasteiger partial charge is 0.245 e. The summed E-state index contributed by atoms with van der Waals surface area (Å²) in [5.41, 5.74) is 0.961. The van der Waals surface area contributed by atoms with E-state index in [1.54, 1.807) is 0 Å². The Morgan fingerprint density at radius 2 is 1.90 bits per heavy atom. The predicted molar refractivity (Wildman–Crippen MR) is 39.4 cm³/mol. The van der Waals surface area contributed by atoms with E-state index in [2.05, 4.69) is 15.9 Å². The van der Waals surface area contributed by atoms with Crippen molar-refractivity contribution in [3.05, 3.63) is 34.8 Å². The molecule has 0 fully saturated rings. The second-order valence-corrected chi connectivity index (χ2v) is 2.66. The average molecular weight is 200 g/mol. The van der Waals surface area contributed by atoms with Gasteiger partial charge in [-0.2, -0.15) is 4.89 Å². The number of fused-ring (bicyclic) bond motifs is 1. The number of benzene rings is 1. The van der Waals surface area contributed by atoms with Crippen LogP contribution < -0.4 is 4.89 Å². The summed E-state index contributed by atoms with van der Waals surface area (Å²) >= 11 is 3.21. The third-order valence-electron chi connectivity index (χ3n) is 1.30. The van der Waals surface area contributed by atoms with Gasteiger partial charge in [0, 0.05) is 5.56 Å². The highest BCUT2D eigenvalue weighted by molar-refractivity contribution is 9.11. The number of halogens is 1. The number of rotatable bonds is 0. The molecule has 0 unspecified atom stereocenters. The van der Waals surface area contributed by atoms with Gasteiger partial charge < -0.3 is 4.89 Å². The van der Waals surface area contributed by atoms with E-state index in [1.807, 2.05) is 24.3 Å². The molecule has 0 bridgehead atoms. The topological polar surface area (TPSA) is 18.5 Å². The SMILES string of the molecule is Br[C]1OOc2ccccc21. The summed E-state index contributed by atoms with van der Waals surface area (Å²) in [7, 11) is 0. The van der Waals surface area contributed by atoms with E-state index < -0.39 is 0 Å². The minimum Gasteiger partial charge on any atom is -0.335 e. The fourth-order valence-electron chi connectivity index (χ4n) is 0.828. The Kier molecular flexibility index (Phi) is 1.39. The van der Waals surface area contributed by atoms with Crippen molar-refractivity contribution in [1.82, 2.24) is 0 Å². The van der Waals surface area contributed by atoms with Gasteiger partial charge in [-0.15, -0.1) is 0 Å².